The lowest BCUT2D eigenvalue weighted by Gasteiger charge is -2.30. The van der Waals surface area contributed by atoms with Crippen molar-refractivity contribution < 1.29 is 4.79 Å². The number of hydrogen-bond donors (Lipinski definition) is 3. The molecule has 0 fully saturated rings. The maximum Gasteiger partial charge on any atom is 0.233 e. The first-order valence-electron chi connectivity index (χ1n) is 10.4. The van der Waals surface area contributed by atoms with Crippen molar-refractivity contribution in [1.82, 2.24) is 10.6 Å². The number of anilines is 1. The van der Waals surface area contributed by atoms with E-state index in [1.165, 1.54) is 0 Å². The third-order valence-corrected chi connectivity index (χ3v) is 5.94. The Morgan fingerprint density at radius 1 is 0.848 bits per heavy atom. The van der Waals surface area contributed by atoms with Crippen LogP contribution in [0.2, 0.25) is 0 Å². The Morgan fingerprint density at radius 3 is 1.88 bits per heavy atom. The van der Waals surface area contributed by atoms with Crippen molar-refractivity contribution in [1.29, 1.82) is 0 Å². The van der Waals surface area contributed by atoms with Crippen LogP contribution in [-0.4, -0.2) is 21.0 Å². The van der Waals surface area contributed by atoms with Crippen molar-refractivity contribution in [2.24, 2.45) is 0 Å². The lowest BCUT2D eigenvalue weighted by Crippen LogP contribution is -2.57. The molecule has 33 heavy (non-hydrogen) atoms. The molecule has 0 spiro atoms. The van der Waals surface area contributed by atoms with E-state index >= 15 is 0 Å². The van der Waals surface area contributed by atoms with Gasteiger partial charge in [-0.05, 0) is 41.4 Å². The molecule has 0 heterocycles. The number of thiocarbonyl (C=S) groups is 1. The van der Waals surface area contributed by atoms with Gasteiger partial charge in [-0.1, -0.05) is 121 Å². The molecule has 4 nitrogen and oxygen atoms in total. The van der Waals surface area contributed by atoms with E-state index < -0.39 is 15.9 Å². The third-order valence-electron chi connectivity index (χ3n) is 5.06. The maximum atomic E-state index is 13.5. The first-order chi connectivity index (χ1) is 15.8. The van der Waals surface area contributed by atoms with Crippen molar-refractivity contribution in [2.75, 3.05) is 5.32 Å². The number of nitrogens with one attached hydrogen (secondary N) is 3. The Kier molecular flexibility index (Phi) is 8.98. The van der Waals surface area contributed by atoms with Gasteiger partial charge >= 0.3 is 0 Å². The quantitative estimate of drug-likeness (QED) is 0.198. The molecule has 1 atom stereocenters. The number of alkyl halides is 3. The summed E-state index contributed by atoms with van der Waals surface area (Å²) in [6.07, 6.45) is -0.245. The van der Waals surface area contributed by atoms with E-state index in [1.54, 1.807) is 0 Å². The summed E-state index contributed by atoms with van der Waals surface area (Å²) in [4.78, 5) is 13.5. The number of carbonyl (C=O) groups excluding carboxylic acids is 1. The zero-order valence-electron chi connectivity index (χ0n) is 17.9. The molecule has 1 amide bonds. The molecule has 8 heteroatoms. The average molecular weight is 521 g/mol. The number of amides is 1. The predicted octanol–water partition coefficient (Wildman–Crippen LogP) is 6.18. The molecular formula is C25H24Cl3N3OS. The highest BCUT2D eigenvalue weighted by Gasteiger charge is 2.36. The van der Waals surface area contributed by atoms with Gasteiger partial charge in [0, 0.05) is 5.69 Å². The first kappa shape index (κ1) is 25.3. The second-order valence-corrected chi connectivity index (χ2v) is 10.1. The van der Waals surface area contributed by atoms with Crippen molar-refractivity contribution in [2.45, 2.75) is 29.2 Å². The van der Waals surface area contributed by atoms with Crippen LogP contribution in [0.25, 0.3) is 0 Å². The first-order valence-corrected chi connectivity index (χ1v) is 12.0. The number of para-hydroxylation sites is 1. The smallest absolute Gasteiger partial charge is 0.233 e. The molecule has 0 radical (unpaired) electrons. The summed E-state index contributed by atoms with van der Waals surface area (Å²) in [6.45, 7) is 2.05. The molecule has 0 aliphatic heterocycles. The van der Waals surface area contributed by atoms with E-state index in [-0.39, 0.29) is 11.0 Å². The van der Waals surface area contributed by atoms with Crippen LogP contribution in [0.1, 0.15) is 29.5 Å². The molecule has 172 valence electrons. The monoisotopic (exact) mass is 519 g/mol. The summed E-state index contributed by atoms with van der Waals surface area (Å²) in [5, 5.41) is 9.11. The van der Waals surface area contributed by atoms with Crippen molar-refractivity contribution in [3.8, 4) is 0 Å². The zero-order chi connectivity index (χ0) is 23.8. The van der Waals surface area contributed by atoms with Crippen molar-refractivity contribution in [3.63, 3.8) is 0 Å². The molecule has 3 rings (SSSR count). The van der Waals surface area contributed by atoms with E-state index in [9.17, 15) is 4.79 Å². The molecule has 3 N–H and O–H groups in total. The number of rotatable bonds is 7. The van der Waals surface area contributed by atoms with Gasteiger partial charge in [-0.15, -0.1) is 0 Å². The fraction of sp³-hybridized carbons (Fsp3) is 0.200. The molecule has 0 saturated heterocycles. The van der Waals surface area contributed by atoms with Crippen LogP contribution in [0.15, 0.2) is 84.9 Å². The number of halogens is 3. The minimum absolute atomic E-state index is 0.225. The molecule has 1 unspecified atom stereocenters. The van der Waals surface area contributed by atoms with Crippen LogP contribution in [0.3, 0.4) is 0 Å². The van der Waals surface area contributed by atoms with Gasteiger partial charge in [0.2, 0.25) is 9.70 Å². The van der Waals surface area contributed by atoms with Crippen molar-refractivity contribution >= 4 is 63.7 Å². The number of carbonyl (C=O) groups is 1. The van der Waals surface area contributed by atoms with Crippen LogP contribution in [0, 0.1) is 0 Å². The highest BCUT2D eigenvalue weighted by atomic mass is 35.6. The fourth-order valence-corrected chi connectivity index (χ4v) is 4.01. The number of hydrogen-bond acceptors (Lipinski definition) is 2. The molecule has 0 saturated carbocycles. The lowest BCUT2D eigenvalue weighted by molar-refractivity contribution is -0.122. The van der Waals surface area contributed by atoms with E-state index in [1.807, 2.05) is 84.9 Å². The van der Waals surface area contributed by atoms with E-state index in [4.69, 9.17) is 47.0 Å². The second kappa shape index (κ2) is 11.7. The number of aryl methyl sites for hydroxylation is 1. The highest BCUT2D eigenvalue weighted by molar-refractivity contribution is 7.80. The highest BCUT2D eigenvalue weighted by Crippen LogP contribution is 2.31. The average Bonchev–Trinajstić information content (AvgIpc) is 2.80. The second-order valence-electron chi connectivity index (χ2n) is 7.35. The summed E-state index contributed by atoms with van der Waals surface area (Å²) in [7, 11) is 0. The minimum atomic E-state index is -1.86. The maximum absolute atomic E-state index is 13.5. The van der Waals surface area contributed by atoms with Gasteiger partial charge in [0.15, 0.2) is 5.11 Å². The SMILES string of the molecule is CCc1ccccc1NC(=S)NC(NC(=O)C(c1ccccc1)c1ccccc1)C(Cl)(Cl)Cl. The Bertz CT molecular complexity index is 1040. The van der Waals surface area contributed by atoms with E-state index in [0.717, 1.165) is 28.8 Å². The van der Waals surface area contributed by atoms with E-state index in [2.05, 4.69) is 22.9 Å². The van der Waals surface area contributed by atoms with Crippen LogP contribution in [0.4, 0.5) is 5.69 Å². The molecule has 0 aliphatic rings. The molecule has 3 aromatic rings. The molecule has 0 aromatic heterocycles. The van der Waals surface area contributed by atoms with Crippen LogP contribution >= 0.6 is 47.0 Å². The summed E-state index contributed by atoms with van der Waals surface area (Å²) in [5.41, 5.74) is 3.58. The van der Waals surface area contributed by atoms with Gasteiger partial charge in [-0.3, -0.25) is 4.79 Å². The summed E-state index contributed by atoms with van der Waals surface area (Å²) < 4.78 is -1.86. The minimum Gasteiger partial charge on any atom is -0.339 e. The van der Waals surface area contributed by atoms with Gasteiger partial charge < -0.3 is 16.0 Å². The molecule has 0 aliphatic carbocycles. The Hall–Kier alpha value is -2.31. The summed E-state index contributed by atoms with van der Waals surface area (Å²) in [6, 6.07) is 26.7. The van der Waals surface area contributed by atoms with Crippen LogP contribution < -0.4 is 16.0 Å². The molecule has 0 bridgehead atoms. The lowest BCUT2D eigenvalue weighted by atomic mass is 9.90. The fourth-order valence-electron chi connectivity index (χ4n) is 3.45. The van der Waals surface area contributed by atoms with Gasteiger partial charge in [-0.25, -0.2) is 0 Å². The summed E-state index contributed by atoms with van der Waals surface area (Å²) in [5.74, 6) is -0.917. The van der Waals surface area contributed by atoms with Crippen molar-refractivity contribution in [3.05, 3.63) is 102 Å². The van der Waals surface area contributed by atoms with Gasteiger partial charge in [0.25, 0.3) is 0 Å². The van der Waals surface area contributed by atoms with Gasteiger partial charge in [0.1, 0.15) is 6.17 Å². The third kappa shape index (κ3) is 7.08. The topological polar surface area (TPSA) is 53.2 Å². The Labute approximate surface area is 214 Å². The van der Waals surface area contributed by atoms with Crippen LogP contribution in [0.5, 0.6) is 0 Å². The molecular weight excluding hydrogens is 497 g/mol. The standard InChI is InChI=1S/C25H24Cl3N3OS/c1-2-17-11-9-10-16-20(17)29-24(33)31-23(25(26,27)28)30-22(32)21(18-12-5-3-6-13-18)19-14-7-4-8-15-19/h3-16,21,23H,2H2,1H3,(H,30,32)(H2,29,31,33). The predicted molar refractivity (Wildman–Crippen MR) is 142 cm³/mol. The Balaban J connectivity index is 1.81. The number of benzene rings is 3. The summed E-state index contributed by atoms with van der Waals surface area (Å²) >= 11 is 24.1. The normalized spacial score (nSPS) is 12.2. The van der Waals surface area contributed by atoms with Gasteiger partial charge in [-0.2, -0.15) is 0 Å². The van der Waals surface area contributed by atoms with Crippen LogP contribution in [-0.2, 0) is 11.2 Å². The van der Waals surface area contributed by atoms with Gasteiger partial charge in [0.05, 0.1) is 5.92 Å². The zero-order valence-corrected chi connectivity index (χ0v) is 21.0. The Morgan fingerprint density at radius 2 is 1.36 bits per heavy atom. The molecule has 3 aromatic carbocycles. The van der Waals surface area contributed by atoms with E-state index in [0.29, 0.717) is 0 Å². The largest absolute Gasteiger partial charge is 0.339 e.